The van der Waals surface area contributed by atoms with Crippen molar-refractivity contribution in [1.29, 1.82) is 0 Å². The summed E-state index contributed by atoms with van der Waals surface area (Å²) >= 11 is 1.55. The van der Waals surface area contributed by atoms with E-state index in [4.69, 9.17) is 0 Å². The van der Waals surface area contributed by atoms with Gasteiger partial charge in [0.1, 0.15) is 5.69 Å². The molecule has 1 saturated heterocycles. The van der Waals surface area contributed by atoms with Crippen LogP contribution in [0.4, 0.5) is 0 Å². The third kappa shape index (κ3) is 3.87. The van der Waals surface area contributed by atoms with Gasteiger partial charge in [-0.3, -0.25) is 4.79 Å². The summed E-state index contributed by atoms with van der Waals surface area (Å²) in [5, 5.41) is 13.4. The van der Waals surface area contributed by atoms with Gasteiger partial charge < -0.3 is 10.0 Å². The normalized spacial score (nSPS) is 26.0. The molecule has 2 heterocycles. The minimum Gasteiger partial charge on any atom is -0.390 e. The maximum Gasteiger partial charge on any atom is 0.273 e. The molecule has 2 rings (SSSR count). The molecule has 0 spiro atoms. The van der Waals surface area contributed by atoms with Gasteiger partial charge in [-0.25, -0.2) is 4.98 Å². The zero-order chi connectivity index (χ0) is 16.5. The monoisotopic (exact) mass is 324 g/mol. The Morgan fingerprint density at radius 2 is 2.18 bits per heavy atom. The number of amides is 1. The maximum atomic E-state index is 12.7. The first-order valence-corrected chi connectivity index (χ1v) is 9.05. The highest BCUT2D eigenvalue weighted by Gasteiger charge is 2.39. The van der Waals surface area contributed by atoms with Gasteiger partial charge in [0.25, 0.3) is 5.91 Å². The second kappa shape index (κ2) is 6.67. The first-order valence-electron chi connectivity index (χ1n) is 8.17. The van der Waals surface area contributed by atoms with Crippen molar-refractivity contribution in [2.24, 2.45) is 11.8 Å². The Labute approximate surface area is 137 Å². The van der Waals surface area contributed by atoms with Crippen LogP contribution in [0.3, 0.4) is 0 Å². The molecule has 5 heteroatoms. The van der Waals surface area contributed by atoms with Gasteiger partial charge in [-0.1, -0.05) is 27.7 Å². The average Bonchev–Trinajstić information content (AvgIpc) is 2.89. The molecule has 0 saturated carbocycles. The van der Waals surface area contributed by atoms with Crippen molar-refractivity contribution in [2.75, 3.05) is 13.1 Å². The molecule has 0 aromatic carbocycles. The summed E-state index contributed by atoms with van der Waals surface area (Å²) in [6.07, 6.45) is 1.57. The van der Waals surface area contributed by atoms with Gasteiger partial charge >= 0.3 is 0 Å². The van der Waals surface area contributed by atoms with Gasteiger partial charge in [0.15, 0.2) is 0 Å². The van der Waals surface area contributed by atoms with E-state index in [1.807, 2.05) is 17.2 Å². The van der Waals surface area contributed by atoms with Crippen molar-refractivity contribution in [1.82, 2.24) is 9.88 Å². The van der Waals surface area contributed by atoms with E-state index in [2.05, 4.69) is 32.7 Å². The van der Waals surface area contributed by atoms with Crippen LogP contribution in [-0.2, 0) is 0 Å². The standard InChI is InChI=1S/C17H28N2O2S/c1-11(2)8-13-9-19(7-6-17(13,5)21)16(20)14-10-22-15(18-14)12(3)4/h10-13,21H,6-9H2,1-5H3/t13-,17+/m0/s1. The molecule has 2 atom stereocenters. The van der Waals surface area contributed by atoms with E-state index in [0.29, 0.717) is 37.0 Å². The SMILES string of the molecule is CC(C)C[C@H]1CN(C(=O)c2csc(C(C)C)n2)CC[C@@]1(C)O. The molecule has 1 aliphatic heterocycles. The first kappa shape index (κ1) is 17.4. The lowest BCUT2D eigenvalue weighted by atomic mass is 9.78. The molecule has 1 aromatic rings. The molecule has 0 bridgehead atoms. The van der Waals surface area contributed by atoms with Crippen LogP contribution < -0.4 is 0 Å². The Kier molecular flexibility index (Phi) is 5.28. The predicted octanol–water partition coefficient (Wildman–Crippen LogP) is 3.53. The summed E-state index contributed by atoms with van der Waals surface area (Å²) in [6.45, 7) is 11.6. The van der Waals surface area contributed by atoms with Crippen molar-refractivity contribution < 1.29 is 9.90 Å². The molecule has 1 aromatic heterocycles. The Balaban J connectivity index is 2.09. The fourth-order valence-electron chi connectivity index (χ4n) is 3.01. The Morgan fingerprint density at radius 1 is 1.50 bits per heavy atom. The summed E-state index contributed by atoms with van der Waals surface area (Å²) in [7, 11) is 0. The molecule has 0 radical (unpaired) electrons. The molecule has 1 N–H and O–H groups in total. The van der Waals surface area contributed by atoms with Crippen LogP contribution in [0.15, 0.2) is 5.38 Å². The third-order valence-electron chi connectivity index (χ3n) is 4.49. The second-order valence-electron chi connectivity index (χ2n) is 7.41. The zero-order valence-electron chi connectivity index (χ0n) is 14.3. The van der Waals surface area contributed by atoms with Crippen molar-refractivity contribution in [2.45, 2.75) is 59.0 Å². The van der Waals surface area contributed by atoms with Crippen LogP contribution in [0.2, 0.25) is 0 Å². The highest BCUT2D eigenvalue weighted by molar-refractivity contribution is 7.09. The van der Waals surface area contributed by atoms with Crippen molar-refractivity contribution in [3.8, 4) is 0 Å². The van der Waals surface area contributed by atoms with Crippen molar-refractivity contribution in [3.63, 3.8) is 0 Å². The van der Waals surface area contributed by atoms with Gasteiger partial charge in [0, 0.05) is 30.3 Å². The summed E-state index contributed by atoms with van der Waals surface area (Å²) in [4.78, 5) is 19.0. The third-order valence-corrected chi connectivity index (χ3v) is 5.63. The van der Waals surface area contributed by atoms with Crippen LogP contribution in [-0.4, -0.2) is 39.6 Å². The van der Waals surface area contributed by atoms with Crippen LogP contribution in [0.5, 0.6) is 0 Å². The molecule has 4 nitrogen and oxygen atoms in total. The van der Waals surface area contributed by atoms with Crippen LogP contribution in [0.1, 0.15) is 68.9 Å². The van der Waals surface area contributed by atoms with Crippen LogP contribution >= 0.6 is 11.3 Å². The highest BCUT2D eigenvalue weighted by Crippen LogP contribution is 2.33. The van der Waals surface area contributed by atoms with Crippen LogP contribution in [0.25, 0.3) is 0 Å². The van der Waals surface area contributed by atoms with E-state index in [1.165, 1.54) is 0 Å². The molecule has 0 aliphatic carbocycles. The van der Waals surface area contributed by atoms with E-state index in [0.717, 1.165) is 11.4 Å². The number of aliphatic hydroxyl groups is 1. The number of nitrogens with zero attached hydrogens (tertiary/aromatic N) is 2. The van der Waals surface area contributed by atoms with E-state index in [-0.39, 0.29) is 11.8 Å². The first-order chi connectivity index (χ1) is 10.2. The minimum absolute atomic E-state index is 0.00686. The zero-order valence-corrected chi connectivity index (χ0v) is 15.1. The molecule has 124 valence electrons. The Morgan fingerprint density at radius 3 is 2.73 bits per heavy atom. The second-order valence-corrected chi connectivity index (χ2v) is 8.30. The summed E-state index contributed by atoms with van der Waals surface area (Å²) in [6, 6.07) is 0. The van der Waals surface area contributed by atoms with Gasteiger partial charge in [-0.05, 0) is 25.7 Å². The van der Waals surface area contributed by atoms with E-state index >= 15 is 0 Å². The largest absolute Gasteiger partial charge is 0.390 e. The number of aromatic nitrogens is 1. The topological polar surface area (TPSA) is 53.4 Å². The maximum absolute atomic E-state index is 12.7. The summed E-state index contributed by atoms with van der Waals surface area (Å²) in [5.74, 6) is 1.00. The molecular weight excluding hydrogens is 296 g/mol. The van der Waals surface area contributed by atoms with Crippen molar-refractivity contribution >= 4 is 17.2 Å². The van der Waals surface area contributed by atoms with Crippen LogP contribution in [0, 0.1) is 11.8 Å². The average molecular weight is 324 g/mol. The quantitative estimate of drug-likeness (QED) is 0.922. The molecular formula is C17H28N2O2S. The number of hydrogen-bond acceptors (Lipinski definition) is 4. The van der Waals surface area contributed by atoms with Gasteiger partial charge in [0.2, 0.25) is 0 Å². The summed E-state index contributed by atoms with van der Waals surface area (Å²) in [5.41, 5.74) is -0.120. The lowest BCUT2D eigenvalue weighted by molar-refractivity contribution is -0.0578. The smallest absolute Gasteiger partial charge is 0.273 e. The molecule has 22 heavy (non-hydrogen) atoms. The number of carbonyl (C=O) groups is 1. The lowest BCUT2D eigenvalue weighted by Crippen LogP contribution is -2.52. The number of hydrogen-bond donors (Lipinski definition) is 1. The van der Waals surface area contributed by atoms with Gasteiger partial charge in [-0.2, -0.15) is 0 Å². The number of likely N-dealkylation sites (tertiary alicyclic amines) is 1. The Hall–Kier alpha value is -0.940. The predicted molar refractivity (Wildman–Crippen MR) is 90.3 cm³/mol. The highest BCUT2D eigenvalue weighted by atomic mass is 32.1. The van der Waals surface area contributed by atoms with E-state index < -0.39 is 5.60 Å². The van der Waals surface area contributed by atoms with Gasteiger partial charge in [0.05, 0.1) is 10.6 Å². The van der Waals surface area contributed by atoms with Gasteiger partial charge in [-0.15, -0.1) is 11.3 Å². The lowest BCUT2D eigenvalue weighted by Gasteiger charge is -2.43. The summed E-state index contributed by atoms with van der Waals surface area (Å²) < 4.78 is 0. The number of carbonyl (C=O) groups excluding carboxylic acids is 1. The molecule has 1 amide bonds. The molecule has 1 aliphatic rings. The molecule has 0 unspecified atom stereocenters. The molecule has 1 fully saturated rings. The minimum atomic E-state index is -0.674. The number of rotatable bonds is 4. The van der Waals surface area contributed by atoms with Crippen molar-refractivity contribution in [3.05, 3.63) is 16.1 Å². The number of thiazole rings is 1. The van der Waals surface area contributed by atoms with E-state index in [1.54, 1.807) is 11.3 Å². The fraction of sp³-hybridized carbons (Fsp3) is 0.765. The fourth-order valence-corrected chi connectivity index (χ4v) is 3.82. The number of piperidine rings is 1. The Bertz CT molecular complexity index is 522. The van der Waals surface area contributed by atoms with E-state index in [9.17, 15) is 9.90 Å².